The van der Waals surface area contributed by atoms with Crippen LogP contribution in [0, 0.1) is 0 Å². The van der Waals surface area contributed by atoms with Crippen molar-refractivity contribution in [2.24, 2.45) is 0 Å². The van der Waals surface area contributed by atoms with E-state index < -0.39 is 0 Å². The molecule has 134 valence electrons. The van der Waals surface area contributed by atoms with Gasteiger partial charge in [-0.3, -0.25) is 4.98 Å². The number of methoxy groups -OCH3 is 1. The van der Waals surface area contributed by atoms with Crippen molar-refractivity contribution in [3.63, 3.8) is 0 Å². The highest BCUT2D eigenvalue weighted by Crippen LogP contribution is 2.26. The van der Waals surface area contributed by atoms with Gasteiger partial charge in [-0.05, 0) is 50.3 Å². The molecule has 0 saturated heterocycles. The fraction of sp³-hybridized carbons (Fsp3) is 0.368. The van der Waals surface area contributed by atoms with Crippen molar-refractivity contribution in [1.82, 2.24) is 9.88 Å². The molecule has 0 radical (unpaired) electrons. The summed E-state index contributed by atoms with van der Waals surface area (Å²) >= 11 is 5.67. The van der Waals surface area contributed by atoms with Crippen LogP contribution in [0.25, 0.3) is 0 Å². The van der Waals surface area contributed by atoms with Crippen molar-refractivity contribution >= 4 is 23.0 Å². The number of anilines is 1. The van der Waals surface area contributed by atoms with Gasteiger partial charge in [-0.25, -0.2) is 0 Å². The smallest absolute Gasteiger partial charge is 0.174 e. The van der Waals surface area contributed by atoms with E-state index in [-0.39, 0.29) is 6.04 Å². The Morgan fingerprint density at radius 2 is 2.00 bits per heavy atom. The molecule has 0 fully saturated rings. The molecule has 0 aliphatic rings. The van der Waals surface area contributed by atoms with Gasteiger partial charge in [-0.1, -0.05) is 18.2 Å². The number of para-hydroxylation sites is 2. The summed E-state index contributed by atoms with van der Waals surface area (Å²) in [5.74, 6) is 0.782. The molecule has 2 aromatic rings. The Labute approximate surface area is 155 Å². The Balaban J connectivity index is 2.18. The van der Waals surface area contributed by atoms with E-state index in [0.717, 1.165) is 17.1 Å². The second-order valence-corrected chi connectivity index (χ2v) is 5.86. The number of pyridine rings is 1. The minimum atomic E-state index is 0.0237. The Bertz CT molecular complexity index is 667. The third-order valence-electron chi connectivity index (χ3n) is 3.81. The maximum absolute atomic E-state index is 5.67. The lowest BCUT2D eigenvalue weighted by atomic mass is 10.2. The zero-order valence-corrected chi connectivity index (χ0v) is 15.8. The molecule has 1 atom stereocenters. The summed E-state index contributed by atoms with van der Waals surface area (Å²) in [6.07, 6.45) is 1.79. The number of ether oxygens (including phenoxy) is 2. The van der Waals surface area contributed by atoms with Crippen LogP contribution in [0.3, 0.4) is 0 Å². The Hall–Kier alpha value is -2.18. The highest BCUT2D eigenvalue weighted by atomic mass is 32.1. The molecular formula is C19H25N3O2S. The minimum absolute atomic E-state index is 0.0237. The third kappa shape index (κ3) is 5.41. The molecule has 0 aliphatic heterocycles. The van der Waals surface area contributed by atoms with Crippen molar-refractivity contribution < 1.29 is 9.47 Å². The molecule has 1 N–H and O–H groups in total. The minimum Gasteiger partial charge on any atom is -0.492 e. The van der Waals surface area contributed by atoms with Crippen molar-refractivity contribution in [2.45, 2.75) is 19.9 Å². The summed E-state index contributed by atoms with van der Waals surface area (Å²) in [5, 5.41) is 3.92. The van der Waals surface area contributed by atoms with Crippen LogP contribution in [0.4, 0.5) is 5.69 Å². The van der Waals surface area contributed by atoms with Gasteiger partial charge in [0.15, 0.2) is 5.11 Å². The average Bonchev–Trinajstić information content (AvgIpc) is 2.64. The second-order valence-electron chi connectivity index (χ2n) is 5.48. The molecule has 25 heavy (non-hydrogen) atoms. The van der Waals surface area contributed by atoms with Crippen molar-refractivity contribution in [3.8, 4) is 5.75 Å². The normalized spacial score (nSPS) is 11.6. The average molecular weight is 359 g/mol. The van der Waals surface area contributed by atoms with Crippen LogP contribution >= 0.6 is 12.2 Å². The largest absolute Gasteiger partial charge is 0.492 e. The zero-order chi connectivity index (χ0) is 18.1. The van der Waals surface area contributed by atoms with Crippen LogP contribution < -0.4 is 10.1 Å². The lowest BCUT2D eigenvalue weighted by molar-refractivity contribution is 0.164. The molecule has 0 bridgehead atoms. The van der Waals surface area contributed by atoms with Crippen LogP contribution in [0.5, 0.6) is 5.75 Å². The van der Waals surface area contributed by atoms with Gasteiger partial charge in [0.05, 0.1) is 30.6 Å². The number of hydrogen-bond acceptors (Lipinski definition) is 4. The van der Waals surface area contributed by atoms with Gasteiger partial charge >= 0.3 is 0 Å². The molecular weight excluding hydrogens is 334 g/mol. The van der Waals surface area contributed by atoms with Crippen molar-refractivity contribution in [3.05, 3.63) is 54.4 Å². The molecule has 5 nitrogen and oxygen atoms in total. The molecule has 6 heteroatoms. The predicted octanol–water partition coefficient (Wildman–Crippen LogP) is 3.89. The maximum atomic E-state index is 5.67. The van der Waals surface area contributed by atoms with E-state index in [9.17, 15) is 0 Å². The number of aromatic nitrogens is 1. The van der Waals surface area contributed by atoms with Gasteiger partial charge in [-0.15, -0.1) is 0 Å². The number of benzene rings is 1. The molecule has 0 aliphatic carbocycles. The summed E-state index contributed by atoms with van der Waals surface area (Å²) in [6, 6.07) is 13.7. The predicted molar refractivity (Wildman–Crippen MR) is 105 cm³/mol. The zero-order valence-electron chi connectivity index (χ0n) is 14.9. The third-order valence-corrected chi connectivity index (χ3v) is 4.15. The van der Waals surface area contributed by atoms with E-state index in [1.807, 2.05) is 49.4 Å². The molecule has 0 saturated carbocycles. The Morgan fingerprint density at radius 3 is 2.68 bits per heavy atom. The Morgan fingerprint density at radius 1 is 1.24 bits per heavy atom. The molecule has 0 spiro atoms. The van der Waals surface area contributed by atoms with Gasteiger partial charge in [-0.2, -0.15) is 0 Å². The van der Waals surface area contributed by atoms with E-state index in [4.69, 9.17) is 21.7 Å². The number of hydrogen-bond donors (Lipinski definition) is 1. The molecule has 0 amide bonds. The van der Waals surface area contributed by atoms with E-state index in [1.54, 1.807) is 13.3 Å². The van der Waals surface area contributed by atoms with E-state index in [2.05, 4.69) is 22.1 Å². The van der Waals surface area contributed by atoms with Gasteiger partial charge in [0, 0.05) is 19.9 Å². The van der Waals surface area contributed by atoms with Gasteiger partial charge in [0.2, 0.25) is 0 Å². The first-order chi connectivity index (χ1) is 12.2. The lowest BCUT2D eigenvalue weighted by Gasteiger charge is -2.31. The molecule has 1 heterocycles. The van der Waals surface area contributed by atoms with Crippen LogP contribution in [0.15, 0.2) is 48.7 Å². The quantitative estimate of drug-likeness (QED) is 0.722. The number of thiocarbonyl (C=S) groups is 1. The lowest BCUT2D eigenvalue weighted by Crippen LogP contribution is -2.39. The first-order valence-corrected chi connectivity index (χ1v) is 8.77. The second kappa shape index (κ2) is 9.96. The standard InChI is InChI=1S/C19H25N3O2S/c1-4-24-18-11-6-5-10-17(18)21-19(25)22(13-14-23-3)15(2)16-9-7-8-12-20-16/h5-12,15H,4,13-14H2,1-3H3,(H,21,25). The van der Waals surface area contributed by atoms with Crippen LogP contribution in [0.2, 0.25) is 0 Å². The fourth-order valence-corrected chi connectivity index (χ4v) is 2.84. The Kier molecular flexibility index (Phi) is 7.63. The molecule has 2 rings (SSSR count). The number of nitrogens with one attached hydrogen (secondary N) is 1. The number of rotatable bonds is 8. The van der Waals surface area contributed by atoms with Crippen LogP contribution in [0.1, 0.15) is 25.6 Å². The topological polar surface area (TPSA) is 46.6 Å². The maximum Gasteiger partial charge on any atom is 0.174 e. The molecule has 1 unspecified atom stereocenters. The molecule has 1 aromatic carbocycles. The molecule has 1 aromatic heterocycles. The highest BCUT2D eigenvalue weighted by molar-refractivity contribution is 7.80. The van der Waals surface area contributed by atoms with Gasteiger partial charge < -0.3 is 19.7 Å². The summed E-state index contributed by atoms with van der Waals surface area (Å²) in [6.45, 7) is 5.88. The monoisotopic (exact) mass is 359 g/mol. The van der Waals surface area contributed by atoms with E-state index in [1.165, 1.54) is 0 Å². The van der Waals surface area contributed by atoms with Crippen LogP contribution in [-0.2, 0) is 4.74 Å². The van der Waals surface area contributed by atoms with E-state index in [0.29, 0.717) is 24.9 Å². The first-order valence-electron chi connectivity index (χ1n) is 8.36. The first kappa shape index (κ1) is 19.1. The fourth-order valence-electron chi connectivity index (χ4n) is 2.48. The number of nitrogens with zero attached hydrogens (tertiary/aromatic N) is 2. The summed E-state index contributed by atoms with van der Waals surface area (Å²) in [4.78, 5) is 6.52. The van der Waals surface area contributed by atoms with Crippen molar-refractivity contribution in [2.75, 3.05) is 32.2 Å². The summed E-state index contributed by atoms with van der Waals surface area (Å²) in [5.41, 5.74) is 1.81. The summed E-state index contributed by atoms with van der Waals surface area (Å²) in [7, 11) is 1.68. The van der Waals surface area contributed by atoms with Crippen molar-refractivity contribution in [1.29, 1.82) is 0 Å². The van der Waals surface area contributed by atoms with Gasteiger partial charge in [0.25, 0.3) is 0 Å². The highest BCUT2D eigenvalue weighted by Gasteiger charge is 2.20. The van der Waals surface area contributed by atoms with Crippen LogP contribution in [-0.4, -0.2) is 41.9 Å². The van der Waals surface area contributed by atoms with Gasteiger partial charge in [0.1, 0.15) is 5.75 Å². The van der Waals surface area contributed by atoms with E-state index >= 15 is 0 Å². The summed E-state index contributed by atoms with van der Waals surface area (Å²) < 4.78 is 10.9. The SMILES string of the molecule is CCOc1ccccc1NC(=S)N(CCOC)C(C)c1ccccn1.